The molecule has 3 aliphatic rings. The second-order valence-electron chi connectivity index (χ2n) is 16.7. The predicted molar refractivity (Wildman–Crippen MR) is 182 cm³/mol. The fourth-order valence-electron chi connectivity index (χ4n) is 7.25. The standard InChI is InChI=1S/C34H52N5O5Si2/c1-32(2,3)45(10,11)43-27-26-24(20-41-46(44-26,33(4,5)6)34(7,8)9)42-31(27)39-22-37-18-15-19-38(28-25(37)29(39)36-21-35-28)30(40)23-16-13-12-14-17-23/h12-14,16-17,21-22,24,26-27,31H,15,18-20H2,1-11H3/q+1/t24-,26-,27-,31-/m1/s1. The van der Waals surface area contributed by atoms with Crippen LogP contribution in [0.15, 0.2) is 43.0 Å². The summed E-state index contributed by atoms with van der Waals surface area (Å²) in [6.45, 7) is 26.5. The molecule has 2 fully saturated rings. The van der Waals surface area contributed by atoms with E-state index >= 15 is 0 Å². The molecule has 10 nitrogen and oxygen atoms in total. The van der Waals surface area contributed by atoms with Crippen molar-refractivity contribution < 1.29 is 27.4 Å². The number of carbonyl (C=O) groups excluding carboxylic acids is 1. The van der Waals surface area contributed by atoms with Crippen molar-refractivity contribution in [2.75, 3.05) is 18.1 Å². The summed E-state index contributed by atoms with van der Waals surface area (Å²) in [7, 11) is -5.10. The van der Waals surface area contributed by atoms with Crippen molar-refractivity contribution in [3.63, 3.8) is 0 Å². The number of hydrogen-bond donors (Lipinski definition) is 0. The summed E-state index contributed by atoms with van der Waals surface area (Å²) >= 11 is 0. The van der Waals surface area contributed by atoms with Crippen LogP contribution in [-0.4, -0.2) is 68.8 Å². The molecule has 0 aliphatic carbocycles. The van der Waals surface area contributed by atoms with Crippen molar-refractivity contribution in [1.29, 1.82) is 0 Å². The minimum atomic E-state index is -2.81. The van der Waals surface area contributed by atoms with Gasteiger partial charge in [-0.2, -0.15) is 4.98 Å². The molecule has 0 unspecified atom stereocenters. The Morgan fingerprint density at radius 1 is 1.00 bits per heavy atom. The second-order valence-corrected chi connectivity index (χ2v) is 26.2. The van der Waals surface area contributed by atoms with Crippen molar-refractivity contribution in [2.24, 2.45) is 0 Å². The third-order valence-corrected chi connectivity index (χ3v) is 20.0. The third kappa shape index (κ3) is 5.38. The van der Waals surface area contributed by atoms with Gasteiger partial charge in [-0.3, -0.25) is 14.3 Å². The minimum Gasteiger partial charge on any atom is -0.405 e. The van der Waals surface area contributed by atoms with E-state index in [1.54, 1.807) is 11.2 Å². The molecule has 1 aromatic carbocycles. The van der Waals surface area contributed by atoms with Crippen LogP contribution in [0.4, 0.5) is 5.82 Å². The zero-order valence-electron chi connectivity index (χ0n) is 29.5. The number of benzene rings is 1. The molecule has 12 heteroatoms. The molecule has 3 aromatic rings. The molecule has 0 spiro atoms. The first-order chi connectivity index (χ1) is 21.4. The fourth-order valence-corrected chi connectivity index (χ4v) is 13.5. The van der Waals surface area contributed by atoms with E-state index in [0.717, 1.165) is 18.5 Å². The Kier molecular flexibility index (Phi) is 8.21. The monoisotopic (exact) mass is 666 g/mol. The largest absolute Gasteiger partial charge is 0.405 e. The highest BCUT2D eigenvalue weighted by atomic mass is 28.4. The second kappa shape index (κ2) is 11.3. The summed E-state index contributed by atoms with van der Waals surface area (Å²) in [6, 6.07) is 9.39. The Bertz CT molecular complexity index is 1590. The molecule has 46 heavy (non-hydrogen) atoms. The number of nitrogens with zero attached hydrogens (tertiary/aromatic N) is 5. The number of rotatable bonds is 4. The SMILES string of the molecule is CC(C)(C)[Si](C)(C)O[C@@H]1[C@@H]2O[Si](C(C)(C)C)(C(C)(C)C)OC[C@H]2O[C@H]1[n+]1cn2c3c(ncnc31)N(C(=O)c1ccccc1)CCC2. The van der Waals surface area contributed by atoms with E-state index in [-0.39, 0.29) is 39.3 Å². The van der Waals surface area contributed by atoms with Gasteiger partial charge in [0.25, 0.3) is 5.91 Å². The lowest BCUT2D eigenvalue weighted by Gasteiger charge is -2.54. The van der Waals surface area contributed by atoms with Crippen molar-refractivity contribution in [3.05, 3.63) is 48.5 Å². The van der Waals surface area contributed by atoms with Gasteiger partial charge in [-0.15, -0.1) is 0 Å². The maximum absolute atomic E-state index is 13.7. The van der Waals surface area contributed by atoms with Crippen LogP contribution in [0.5, 0.6) is 0 Å². The molecule has 0 radical (unpaired) electrons. The smallest absolute Gasteiger partial charge is 0.349 e. The van der Waals surface area contributed by atoms with Gasteiger partial charge in [0.15, 0.2) is 26.8 Å². The number of fused-ring (bicyclic) bond motifs is 1. The van der Waals surface area contributed by atoms with Crippen LogP contribution in [-0.2, 0) is 24.6 Å². The molecule has 0 saturated carbocycles. The van der Waals surface area contributed by atoms with E-state index in [9.17, 15) is 4.79 Å². The number of aromatic nitrogens is 4. The Morgan fingerprint density at radius 2 is 1.67 bits per heavy atom. The molecule has 3 aliphatic heterocycles. The highest BCUT2D eigenvalue weighted by Crippen LogP contribution is 2.56. The number of carbonyl (C=O) groups is 1. The zero-order valence-corrected chi connectivity index (χ0v) is 31.5. The molecular formula is C34H52N5O5Si2+. The molecule has 250 valence electrons. The lowest BCUT2D eigenvalue weighted by molar-refractivity contribution is -0.745. The van der Waals surface area contributed by atoms with Gasteiger partial charge in [-0.1, -0.05) is 85.5 Å². The summed E-state index contributed by atoms with van der Waals surface area (Å²) in [4.78, 5) is 25.0. The average molecular weight is 667 g/mol. The van der Waals surface area contributed by atoms with Crippen LogP contribution in [0, 0.1) is 0 Å². The molecule has 2 aromatic heterocycles. The van der Waals surface area contributed by atoms with Crippen LogP contribution >= 0.6 is 0 Å². The number of ether oxygens (including phenoxy) is 1. The maximum Gasteiger partial charge on any atom is 0.349 e. The topological polar surface area (TPSA) is 91.8 Å². The van der Waals surface area contributed by atoms with E-state index in [1.807, 2.05) is 30.3 Å². The molecule has 4 atom stereocenters. The molecular weight excluding hydrogens is 615 g/mol. The summed E-state index contributed by atoms with van der Waals surface area (Å²) in [5.41, 5.74) is 2.16. The first-order valence-electron chi connectivity index (χ1n) is 16.6. The van der Waals surface area contributed by atoms with Crippen LogP contribution in [0.1, 0.15) is 85.3 Å². The van der Waals surface area contributed by atoms with Gasteiger partial charge >= 0.3 is 14.2 Å². The Labute approximate surface area is 275 Å². The van der Waals surface area contributed by atoms with Crippen molar-refractivity contribution >= 4 is 39.8 Å². The molecule has 0 bridgehead atoms. The van der Waals surface area contributed by atoms with E-state index in [4.69, 9.17) is 23.0 Å². The van der Waals surface area contributed by atoms with Gasteiger partial charge in [0.05, 0.1) is 13.2 Å². The van der Waals surface area contributed by atoms with E-state index in [0.29, 0.717) is 30.2 Å². The maximum atomic E-state index is 13.7. The molecule has 0 N–H and O–H groups in total. The van der Waals surface area contributed by atoms with Gasteiger partial charge in [-0.05, 0) is 36.7 Å². The summed E-state index contributed by atoms with van der Waals surface area (Å²) in [5.74, 6) is 0.541. The van der Waals surface area contributed by atoms with Gasteiger partial charge in [0.2, 0.25) is 11.7 Å². The highest BCUT2D eigenvalue weighted by molar-refractivity contribution is 6.74. The van der Waals surface area contributed by atoms with Crippen LogP contribution < -0.4 is 9.47 Å². The van der Waals surface area contributed by atoms with Crippen molar-refractivity contribution in [1.82, 2.24) is 14.5 Å². The Morgan fingerprint density at radius 3 is 2.30 bits per heavy atom. The molecule has 1 amide bonds. The van der Waals surface area contributed by atoms with Crippen molar-refractivity contribution in [2.45, 2.75) is 128 Å². The molecule has 6 rings (SSSR count). The zero-order chi connectivity index (χ0) is 33.4. The van der Waals surface area contributed by atoms with Crippen LogP contribution in [0.2, 0.25) is 28.2 Å². The number of imidazole rings is 1. The fraction of sp³-hybridized carbons (Fsp3) is 0.647. The van der Waals surface area contributed by atoms with Crippen LogP contribution in [0.25, 0.3) is 11.2 Å². The van der Waals surface area contributed by atoms with Gasteiger partial charge < -0.3 is 18.0 Å². The molecule has 2 saturated heterocycles. The Hall–Kier alpha value is -2.49. The first kappa shape index (κ1) is 33.4. The number of aryl methyl sites for hydroxylation is 1. The lowest BCUT2D eigenvalue weighted by Crippen LogP contribution is -2.66. The number of hydrogen-bond acceptors (Lipinski definition) is 7. The Balaban J connectivity index is 1.46. The highest BCUT2D eigenvalue weighted by Gasteiger charge is 2.66. The summed E-state index contributed by atoms with van der Waals surface area (Å²) < 4.78 is 32.7. The average Bonchev–Trinajstić information content (AvgIpc) is 3.44. The third-order valence-electron chi connectivity index (χ3n) is 10.4. The van der Waals surface area contributed by atoms with E-state index in [1.165, 1.54) is 0 Å². The van der Waals surface area contributed by atoms with E-state index < -0.39 is 23.1 Å². The summed E-state index contributed by atoms with van der Waals surface area (Å²) in [5, 5.41) is -0.365. The van der Waals surface area contributed by atoms with Gasteiger partial charge in [-0.25, -0.2) is 4.57 Å². The number of anilines is 1. The van der Waals surface area contributed by atoms with E-state index in [2.05, 4.69) is 95.9 Å². The van der Waals surface area contributed by atoms with Gasteiger partial charge in [0, 0.05) is 22.2 Å². The van der Waals surface area contributed by atoms with Crippen LogP contribution in [0.3, 0.4) is 0 Å². The minimum absolute atomic E-state index is 0.0173. The molecule has 5 heterocycles. The predicted octanol–water partition coefficient (Wildman–Crippen LogP) is 6.51. The quantitative estimate of drug-likeness (QED) is 0.232. The van der Waals surface area contributed by atoms with Gasteiger partial charge in [0.1, 0.15) is 18.3 Å². The summed E-state index contributed by atoms with van der Waals surface area (Å²) in [6.07, 6.45) is 2.94. The number of amides is 1. The lowest BCUT2D eigenvalue weighted by atomic mass is 10.1. The van der Waals surface area contributed by atoms with Crippen molar-refractivity contribution in [3.8, 4) is 0 Å². The normalized spacial score (nSPS) is 25.4. The first-order valence-corrected chi connectivity index (χ1v) is 21.4.